The third-order valence-electron chi connectivity index (χ3n) is 2.99. The number of hydrogen-bond donors (Lipinski definition) is 1. The molecule has 2 rings (SSSR count). The Morgan fingerprint density at radius 3 is 2.50 bits per heavy atom. The summed E-state index contributed by atoms with van der Waals surface area (Å²) in [6.45, 7) is 8.14. The molecule has 2 N–H and O–H groups in total. The van der Waals surface area contributed by atoms with Crippen molar-refractivity contribution < 1.29 is 4.52 Å². The zero-order valence-electron chi connectivity index (χ0n) is 11.3. The molecule has 0 amide bonds. The third kappa shape index (κ3) is 2.43. The maximum Gasteiger partial charge on any atom is 0.229 e. The largest absolute Gasteiger partial charge is 0.339 e. The van der Waals surface area contributed by atoms with Gasteiger partial charge in [0.15, 0.2) is 5.82 Å². The zero-order chi connectivity index (χ0) is 13.3. The van der Waals surface area contributed by atoms with Gasteiger partial charge in [-0.1, -0.05) is 42.8 Å². The molecule has 0 aliphatic rings. The van der Waals surface area contributed by atoms with Crippen molar-refractivity contribution in [2.75, 3.05) is 0 Å². The van der Waals surface area contributed by atoms with Gasteiger partial charge >= 0.3 is 0 Å². The molecule has 1 aromatic carbocycles. The van der Waals surface area contributed by atoms with Gasteiger partial charge in [0.05, 0.1) is 6.04 Å². The Kier molecular flexibility index (Phi) is 3.48. The molecular weight excluding hydrogens is 226 g/mol. The fraction of sp³-hybridized carbons (Fsp3) is 0.429. The minimum absolute atomic E-state index is 0.220. The van der Waals surface area contributed by atoms with Crippen LogP contribution >= 0.6 is 0 Å². The highest BCUT2D eigenvalue weighted by Crippen LogP contribution is 2.22. The molecular formula is C14H19N3O. The summed E-state index contributed by atoms with van der Waals surface area (Å²) in [5, 5.41) is 3.97. The van der Waals surface area contributed by atoms with Crippen molar-refractivity contribution in [3.63, 3.8) is 0 Å². The summed E-state index contributed by atoms with van der Waals surface area (Å²) in [7, 11) is 0. The van der Waals surface area contributed by atoms with Crippen molar-refractivity contribution >= 4 is 0 Å². The van der Waals surface area contributed by atoms with Crippen LogP contribution in [0.3, 0.4) is 0 Å². The molecule has 0 bridgehead atoms. The first-order chi connectivity index (χ1) is 8.49. The van der Waals surface area contributed by atoms with Gasteiger partial charge in [-0.25, -0.2) is 0 Å². The van der Waals surface area contributed by atoms with Gasteiger partial charge in [-0.05, 0) is 25.0 Å². The van der Waals surface area contributed by atoms with Crippen LogP contribution < -0.4 is 5.73 Å². The average Bonchev–Trinajstić information content (AvgIpc) is 2.77. The molecule has 0 fully saturated rings. The van der Waals surface area contributed by atoms with Crippen LogP contribution in [-0.4, -0.2) is 10.1 Å². The summed E-state index contributed by atoms with van der Waals surface area (Å²) in [4.78, 5) is 4.35. The SMILES string of the molecule is Cc1ccc(C(N)c2noc(C(C)C)n2)c(C)c1. The van der Waals surface area contributed by atoms with E-state index in [1.54, 1.807) is 0 Å². The second-order valence-corrected chi connectivity index (χ2v) is 4.98. The number of hydrogen-bond acceptors (Lipinski definition) is 4. The smallest absolute Gasteiger partial charge is 0.229 e. The van der Waals surface area contributed by atoms with Crippen LogP contribution in [0.5, 0.6) is 0 Å². The highest BCUT2D eigenvalue weighted by atomic mass is 16.5. The Morgan fingerprint density at radius 2 is 1.94 bits per heavy atom. The highest BCUT2D eigenvalue weighted by Gasteiger charge is 2.18. The molecule has 0 radical (unpaired) electrons. The molecule has 0 saturated heterocycles. The monoisotopic (exact) mass is 245 g/mol. The first-order valence-electron chi connectivity index (χ1n) is 6.15. The molecule has 1 heterocycles. The Bertz CT molecular complexity index is 546. The molecule has 0 aliphatic heterocycles. The number of aryl methyl sites for hydroxylation is 2. The van der Waals surface area contributed by atoms with E-state index in [9.17, 15) is 0 Å². The minimum atomic E-state index is -0.332. The summed E-state index contributed by atoms with van der Waals surface area (Å²) in [6, 6.07) is 5.85. The van der Waals surface area contributed by atoms with E-state index in [2.05, 4.69) is 23.1 Å². The van der Waals surface area contributed by atoms with Crippen LogP contribution in [0.2, 0.25) is 0 Å². The van der Waals surface area contributed by atoms with Crippen molar-refractivity contribution in [1.29, 1.82) is 0 Å². The topological polar surface area (TPSA) is 64.9 Å². The number of nitrogens with two attached hydrogens (primary N) is 1. The van der Waals surface area contributed by atoms with Gasteiger partial charge in [0.25, 0.3) is 0 Å². The van der Waals surface area contributed by atoms with Crippen LogP contribution in [-0.2, 0) is 0 Å². The summed E-state index contributed by atoms with van der Waals surface area (Å²) in [5.74, 6) is 1.40. The fourth-order valence-electron chi connectivity index (χ4n) is 1.92. The minimum Gasteiger partial charge on any atom is -0.339 e. The van der Waals surface area contributed by atoms with Crippen LogP contribution in [0, 0.1) is 13.8 Å². The molecule has 0 saturated carbocycles. The molecule has 2 aromatic rings. The van der Waals surface area contributed by atoms with Gasteiger partial charge in [-0.2, -0.15) is 4.98 Å². The van der Waals surface area contributed by atoms with E-state index in [-0.39, 0.29) is 12.0 Å². The van der Waals surface area contributed by atoms with Gasteiger partial charge in [0.1, 0.15) is 0 Å². The van der Waals surface area contributed by atoms with Crippen LogP contribution in [0.1, 0.15) is 54.2 Å². The maximum atomic E-state index is 6.20. The Labute approximate surface area is 107 Å². The summed E-state index contributed by atoms with van der Waals surface area (Å²) >= 11 is 0. The second-order valence-electron chi connectivity index (χ2n) is 4.98. The lowest BCUT2D eigenvalue weighted by Gasteiger charge is -2.11. The molecule has 1 aromatic heterocycles. The second kappa shape index (κ2) is 4.90. The molecule has 0 spiro atoms. The molecule has 4 nitrogen and oxygen atoms in total. The molecule has 18 heavy (non-hydrogen) atoms. The van der Waals surface area contributed by atoms with E-state index in [4.69, 9.17) is 10.3 Å². The van der Waals surface area contributed by atoms with Crippen molar-refractivity contribution in [3.8, 4) is 0 Å². The van der Waals surface area contributed by atoms with Crippen molar-refractivity contribution in [2.24, 2.45) is 5.73 Å². The molecule has 1 unspecified atom stereocenters. The predicted molar refractivity (Wildman–Crippen MR) is 70.3 cm³/mol. The first-order valence-corrected chi connectivity index (χ1v) is 6.15. The van der Waals surface area contributed by atoms with Gasteiger partial charge in [0.2, 0.25) is 5.89 Å². The lowest BCUT2D eigenvalue weighted by atomic mass is 9.99. The number of aromatic nitrogens is 2. The van der Waals surface area contributed by atoms with Gasteiger partial charge < -0.3 is 10.3 Å². The molecule has 4 heteroatoms. The average molecular weight is 245 g/mol. The van der Waals surface area contributed by atoms with Crippen LogP contribution in [0.4, 0.5) is 0 Å². The number of nitrogens with zero attached hydrogens (tertiary/aromatic N) is 2. The zero-order valence-corrected chi connectivity index (χ0v) is 11.3. The summed E-state index contributed by atoms with van der Waals surface area (Å²) in [5.41, 5.74) is 9.61. The van der Waals surface area contributed by atoms with E-state index < -0.39 is 0 Å². The normalized spacial score (nSPS) is 13.0. The Morgan fingerprint density at radius 1 is 1.22 bits per heavy atom. The van der Waals surface area contributed by atoms with Crippen molar-refractivity contribution in [2.45, 2.75) is 39.7 Å². The van der Waals surface area contributed by atoms with Gasteiger partial charge in [0, 0.05) is 5.92 Å². The van der Waals surface area contributed by atoms with Crippen LogP contribution in [0.15, 0.2) is 22.7 Å². The summed E-state index contributed by atoms with van der Waals surface area (Å²) in [6.07, 6.45) is 0. The first kappa shape index (κ1) is 12.8. The number of rotatable bonds is 3. The van der Waals surface area contributed by atoms with Gasteiger partial charge in [-0.3, -0.25) is 0 Å². The Hall–Kier alpha value is -1.68. The van der Waals surface area contributed by atoms with E-state index in [0.29, 0.717) is 11.7 Å². The third-order valence-corrected chi connectivity index (χ3v) is 2.99. The maximum absolute atomic E-state index is 6.20. The quantitative estimate of drug-likeness (QED) is 0.903. The fourth-order valence-corrected chi connectivity index (χ4v) is 1.92. The number of benzene rings is 1. The summed E-state index contributed by atoms with van der Waals surface area (Å²) < 4.78 is 5.19. The standard InChI is InChI=1S/C14H19N3O/c1-8(2)14-16-13(17-18-14)12(15)11-6-5-9(3)7-10(11)4/h5-8,12H,15H2,1-4H3. The molecule has 96 valence electrons. The van der Waals surface area contributed by atoms with E-state index >= 15 is 0 Å². The molecule has 0 aliphatic carbocycles. The van der Waals surface area contributed by atoms with E-state index in [1.165, 1.54) is 5.56 Å². The van der Waals surface area contributed by atoms with Crippen molar-refractivity contribution in [3.05, 3.63) is 46.6 Å². The van der Waals surface area contributed by atoms with Gasteiger partial charge in [-0.15, -0.1) is 0 Å². The van der Waals surface area contributed by atoms with E-state index in [1.807, 2.05) is 32.9 Å². The lowest BCUT2D eigenvalue weighted by Crippen LogP contribution is -2.15. The van der Waals surface area contributed by atoms with E-state index in [0.717, 1.165) is 11.1 Å². The highest BCUT2D eigenvalue weighted by molar-refractivity contribution is 5.35. The van der Waals surface area contributed by atoms with Crippen LogP contribution in [0.25, 0.3) is 0 Å². The predicted octanol–water partition coefficient (Wildman–Crippen LogP) is 2.86. The van der Waals surface area contributed by atoms with Crippen molar-refractivity contribution in [1.82, 2.24) is 10.1 Å². The molecule has 1 atom stereocenters. The lowest BCUT2D eigenvalue weighted by molar-refractivity contribution is 0.359. The Balaban J connectivity index is 2.32.